The second kappa shape index (κ2) is 12.7. The van der Waals surface area contributed by atoms with Gasteiger partial charge in [-0.2, -0.15) is 0 Å². The summed E-state index contributed by atoms with van der Waals surface area (Å²) in [6, 6.07) is 14.0. The lowest BCUT2D eigenvalue weighted by molar-refractivity contribution is -0.116. The maximum atomic E-state index is 12.4. The van der Waals surface area contributed by atoms with Crippen molar-refractivity contribution in [1.82, 2.24) is 5.32 Å². The van der Waals surface area contributed by atoms with Crippen LogP contribution < -0.4 is 20.7 Å². The molecule has 0 saturated carbocycles. The van der Waals surface area contributed by atoms with E-state index in [9.17, 15) is 14.4 Å². The normalized spacial score (nSPS) is 10.9. The molecule has 0 aliphatic heterocycles. The number of amides is 3. The number of aliphatic imine (C=N–C) groups is 1. The molecule has 0 heterocycles. The number of carbonyl (C=O) groups excluding carboxylic acids is 3. The summed E-state index contributed by atoms with van der Waals surface area (Å²) < 4.78 is 14.9. The minimum absolute atomic E-state index is 0.184. The van der Waals surface area contributed by atoms with Gasteiger partial charge in [-0.3, -0.25) is 10.1 Å². The van der Waals surface area contributed by atoms with Crippen LogP contribution in [0.25, 0.3) is 0 Å². The predicted molar refractivity (Wildman–Crippen MR) is 125 cm³/mol. The number of carbonyl (C=O) groups is 3. The van der Waals surface area contributed by atoms with Crippen molar-refractivity contribution in [3.05, 3.63) is 48.5 Å². The minimum atomic E-state index is -0.951. The zero-order chi connectivity index (χ0) is 24.2. The smallest absolute Gasteiger partial charge is 0.436 e. The second-order valence-electron chi connectivity index (χ2n) is 7.28. The van der Waals surface area contributed by atoms with Gasteiger partial charge in [-0.25, -0.2) is 9.59 Å². The van der Waals surface area contributed by atoms with Crippen LogP contribution in [0.3, 0.4) is 0 Å². The fraction of sp³-hybridized carbons (Fsp3) is 0.304. The molecular formula is C23H28N4O6. The number of guanidine groups is 1. The third kappa shape index (κ3) is 8.90. The molecule has 10 heteroatoms. The molecule has 10 nitrogen and oxygen atoms in total. The van der Waals surface area contributed by atoms with Gasteiger partial charge in [0.15, 0.2) is 0 Å². The van der Waals surface area contributed by atoms with E-state index >= 15 is 0 Å². The Bertz CT molecular complexity index is 992. The summed E-state index contributed by atoms with van der Waals surface area (Å²) in [7, 11) is 2.32. The van der Waals surface area contributed by atoms with Gasteiger partial charge in [0.05, 0.1) is 25.6 Å². The van der Waals surface area contributed by atoms with Crippen molar-refractivity contribution in [3.8, 4) is 11.5 Å². The van der Waals surface area contributed by atoms with E-state index in [1.807, 2.05) is 32.0 Å². The fourth-order valence-corrected chi connectivity index (χ4v) is 2.56. The number of ether oxygens (including phenoxy) is 3. The van der Waals surface area contributed by atoms with Crippen molar-refractivity contribution >= 4 is 35.4 Å². The van der Waals surface area contributed by atoms with Crippen LogP contribution in [0.15, 0.2) is 53.5 Å². The van der Waals surface area contributed by atoms with E-state index in [1.54, 1.807) is 30.3 Å². The molecule has 0 bridgehead atoms. The number of nitrogens with zero attached hydrogens (tertiary/aromatic N) is 1. The van der Waals surface area contributed by atoms with Crippen molar-refractivity contribution in [2.45, 2.75) is 26.7 Å². The molecule has 2 aromatic carbocycles. The Morgan fingerprint density at radius 2 is 1.64 bits per heavy atom. The summed E-state index contributed by atoms with van der Waals surface area (Å²) >= 11 is 0. The van der Waals surface area contributed by atoms with E-state index in [0.29, 0.717) is 35.2 Å². The Morgan fingerprint density at radius 3 is 2.27 bits per heavy atom. The van der Waals surface area contributed by atoms with Gasteiger partial charge < -0.3 is 24.8 Å². The molecule has 0 aliphatic rings. The molecule has 176 valence electrons. The third-order valence-electron chi connectivity index (χ3n) is 4.23. The first-order valence-corrected chi connectivity index (χ1v) is 10.3. The maximum absolute atomic E-state index is 12.4. The van der Waals surface area contributed by atoms with E-state index in [2.05, 4.69) is 30.4 Å². The average Bonchev–Trinajstić information content (AvgIpc) is 2.79. The molecule has 0 radical (unpaired) electrons. The first-order valence-electron chi connectivity index (χ1n) is 10.3. The average molecular weight is 456 g/mol. The number of anilines is 2. The number of hydrogen-bond acceptors (Lipinski definition) is 6. The molecule has 0 atom stereocenters. The highest BCUT2D eigenvalue weighted by Gasteiger charge is 2.15. The third-order valence-corrected chi connectivity index (χ3v) is 4.23. The molecule has 0 aromatic heterocycles. The van der Waals surface area contributed by atoms with Crippen molar-refractivity contribution < 1.29 is 28.6 Å². The van der Waals surface area contributed by atoms with Gasteiger partial charge in [0, 0.05) is 12.5 Å². The zero-order valence-corrected chi connectivity index (χ0v) is 19.0. The molecule has 3 amide bonds. The van der Waals surface area contributed by atoms with Crippen LogP contribution in [0.5, 0.6) is 11.5 Å². The number of alkyl carbamates (subject to hydrolysis) is 1. The highest BCUT2D eigenvalue weighted by Crippen LogP contribution is 2.30. The van der Waals surface area contributed by atoms with Crippen molar-refractivity contribution in [1.29, 1.82) is 0 Å². The maximum Gasteiger partial charge on any atom is 0.436 e. The number of methoxy groups -OCH3 is 2. The van der Waals surface area contributed by atoms with Crippen molar-refractivity contribution in [2.24, 2.45) is 10.9 Å². The van der Waals surface area contributed by atoms with Crippen LogP contribution in [0.4, 0.5) is 21.0 Å². The quantitative estimate of drug-likeness (QED) is 0.405. The molecule has 2 aromatic rings. The van der Waals surface area contributed by atoms with Gasteiger partial charge in [0.25, 0.3) is 0 Å². The SMILES string of the molecule is COC(=O)N=C(NC(=O)OC)Nc1cc(Oc2ccccc2)ccc1NC(=O)CCC(C)C. The summed E-state index contributed by atoms with van der Waals surface area (Å²) in [5.74, 6) is 0.977. The number of para-hydroxylation sites is 1. The lowest BCUT2D eigenvalue weighted by Crippen LogP contribution is -2.36. The van der Waals surface area contributed by atoms with Gasteiger partial charge in [-0.05, 0) is 36.6 Å². The van der Waals surface area contributed by atoms with Crippen molar-refractivity contribution in [2.75, 3.05) is 24.9 Å². The molecular weight excluding hydrogens is 428 g/mol. The Morgan fingerprint density at radius 1 is 0.909 bits per heavy atom. The first-order chi connectivity index (χ1) is 15.8. The van der Waals surface area contributed by atoms with Gasteiger partial charge in [0.2, 0.25) is 11.9 Å². The van der Waals surface area contributed by atoms with Crippen molar-refractivity contribution in [3.63, 3.8) is 0 Å². The van der Waals surface area contributed by atoms with E-state index in [1.165, 1.54) is 7.11 Å². The number of rotatable bonds is 7. The van der Waals surface area contributed by atoms with E-state index in [4.69, 9.17) is 4.74 Å². The summed E-state index contributed by atoms with van der Waals surface area (Å²) in [5.41, 5.74) is 0.716. The molecule has 0 aliphatic carbocycles. The molecule has 0 unspecified atom stereocenters. The summed E-state index contributed by atoms with van der Waals surface area (Å²) in [5, 5.41) is 7.94. The Balaban J connectivity index is 2.36. The summed E-state index contributed by atoms with van der Waals surface area (Å²) in [6.07, 6.45) is -0.747. The molecule has 0 spiro atoms. The Labute approximate surface area is 192 Å². The fourth-order valence-electron chi connectivity index (χ4n) is 2.56. The highest BCUT2D eigenvalue weighted by molar-refractivity contribution is 6.08. The van der Waals surface area contributed by atoms with E-state index < -0.39 is 12.2 Å². The van der Waals surface area contributed by atoms with Crippen LogP contribution in [-0.4, -0.2) is 38.3 Å². The topological polar surface area (TPSA) is 127 Å². The largest absolute Gasteiger partial charge is 0.457 e. The molecule has 0 saturated heterocycles. The second-order valence-corrected chi connectivity index (χ2v) is 7.28. The number of hydrogen-bond donors (Lipinski definition) is 3. The van der Waals surface area contributed by atoms with Crippen LogP contribution in [0.2, 0.25) is 0 Å². The van der Waals surface area contributed by atoms with Crippen LogP contribution in [0, 0.1) is 5.92 Å². The highest BCUT2D eigenvalue weighted by atomic mass is 16.5. The van der Waals surface area contributed by atoms with E-state index in [0.717, 1.165) is 13.5 Å². The molecule has 0 fully saturated rings. The predicted octanol–water partition coefficient (Wildman–Crippen LogP) is 4.74. The summed E-state index contributed by atoms with van der Waals surface area (Å²) in [6.45, 7) is 4.06. The summed E-state index contributed by atoms with van der Waals surface area (Å²) in [4.78, 5) is 39.4. The Kier molecular flexibility index (Phi) is 9.69. The van der Waals surface area contributed by atoms with Gasteiger partial charge >= 0.3 is 12.2 Å². The van der Waals surface area contributed by atoms with Crippen LogP contribution in [-0.2, 0) is 14.3 Å². The minimum Gasteiger partial charge on any atom is -0.457 e. The molecule has 3 N–H and O–H groups in total. The monoisotopic (exact) mass is 456 g/mol. The zero-order valence-electron chi connectivity index (χ0n) is 19.0. The van der Waals surface area contributed by atoms with Gasteiger partial charge in [-0.1, -0.05) is 32.0 Å². The number of benzene rings is 2. The standard InChI is InChI=1S/C23H28N4O6/c1-15(2)10-13-20(28)24-18-12-11-17(33-16-8-6-5-7-9-16)14-19(18)25-21(26-22(29)31-3)27-23(30)32-4/h5-9,11-12,14-15H,10,13H2,1-4H3,(H,24,28)(H2,25,26,27,29,30). The number of nitrogens with one attached hydrogen (secondary N) is 3. The van der Waals surface area contributed by atoms with E-state index in [-0.39, 0.29) is 11.9 Å². The first kappa shape index (κ1) is 25.2. The molecule has 2 rings (SSSR count). The Hall–Kier alpha value is -4.08. The lowest BCUT2D eigenvalue weighted by atomic mass is 10.1. The van der Waals surface area contributed by atoms with Gasteiger partial charge in [0.1, 0.15) is 11.5 Å². The van der Waals surface area contributed by atoms with Crippen LogP contribution in [0.1, 0.15) is 26.7 Å². The molecule has 33 heavy (non-hydrogen) atoms. The van der Waals surface area contributed by atoms with Gasteiger partial charge in [-0.15, -0.1) is 4.99 Å². The lowest BCUT2D eigenvalue weighted by Gasteiger charge is -2.16. The van der Waals surface area contributed by atoms with Crippen LogP contribution >= 0.6 is 0 Å².